The summed E-state index contributed by atoms with van der Waals surface area (Å²) in [6.45, 7) is 0. The van der Waals surface area contributed by atoms with Crippen LogP contribution in [0.5, 0.6) is 0 Å². The molecule has 0 bridgehead atoms. The van der Waals surface area contributed by atoms with Crippen LogP contribution in [0.1, 0.15) is 21.5 Å². The van der Waals surface area contributed by atoms with Crippen molar-refractivity contribution in [1.82, 2.24) is 10.2 Å². The first-order valence-corrected chi connectivity index (χ1v) is 5.84. The molecule has 0 atom stereocenters. The lowest BCUT2D eigenvalue weighted by molar-refractivity contribution is 0.0697. The number of hydrogen-bond acceptors (Lipinski definition) is 2. The number of carbonyl (C=O) groups is 1. The second-order valence-electron chi connectivity index (χ2n) is 3.72. The molecule has 5 heteroatoms. The second kappa shape index (κ2) is 3.31. The van der Waals surface area contributed by atoms with Gasteiger partial charge in [-0.2, -0.15) is 5.10 Å². The molecule has 1 heterocycles. The zero-order valence-corrected chi connectivity index (χ0v) is 10.3. The number of H-pyrrole nitrogens is 1. The van der Waals surface area contributed by atoms with E-state index in [0.29, 0.717) is 5.56 Å². The standard InChI is InChI=1S/C11H7IN2O2/c12-10-8-3-5-1-2-6(11(15)16)4-7(5)9(8)13-14-10/h1-2,4H,3H2,(H,13,14)(H,15,16). The summed E-state index contributed by atoms with van der Waals surface area (Å²) in [5, 5.41) is 16.0. The number of benzene rings is 1. The van der Waals surface area contributed by atoms with Crippen LogP contribution in [0.3, 0.4) is 0 Å². The van der Waals surface area contributed by atoms with Crippen LogP contribution >= 0.6 is 22.6 Å². The maximum Gasteiger partial charge on any atom is 0.335 e. The minimum absolute atomic E-state index is 0.316. The molecule has 1 aliphatic rings. The van der Waals surface area contributed by atoms with E-state index in [4.69, 9.17) is 5.11 Å². The van der Waals surface area contributed by atoms with E-state index in [1.807, 2.05) is 6.07 Å². The monoisotopic (exact) mass is 326 g/mol. The topological polar surface area (TPSA) is 66.0 Å². The highest BCUT2D eigenvalue weighted by Crippen LogP contribution is 2.37. The van der Waals surface area contributed by atoms with Crippen molar-refractivity contribution in [2.24, 2.45) is 0 Å². The van der Waals surface area contributed by atoms with Gasteiger partial charge in [-0.25, -0.2) is 4.79 Å². The lowest BCUT2D eigenvalue weighted by atomic mass is 10.1. The van der Waals surface area contributed by atoms with Gasteiger partial charge >= 0.3 is 5.97 Å². The molecule has 0 aliphatic heterocycles. The van der Waals surface area contributed by atoms with Crippen molar-refractivity contribution in [3.05, 3.63) is 38.6 Å². The molecule has 0 fully saturated rings. The number of rotatable bonds is 1. The van der Waals surface area contributed by atoms with Gasteiger partial charge in [0.25, 0.3) is 0 Å². The maximum atomic E-state index is 10.9. The average molecular weight is 326 g/mol. The highest BCUT2D eigenvalue weighted by atomic mass is 127. The molecule has 4 nitrogen and oxygen atoms in total. The number of nitrogens with one attached hydrogen (secondary N) is 1. The number of carboxylic acids is 1. The normalized spacial score (nSPS) is 12.3. The van der Waals surface area contributed by atoms with Gasteiger partial charge in [-0.3, -0.25) is 5.10 Å². The van der Waals surface area contributed by atoms with Crippen molar-refractivity contribution in [2.75, 3.05) is 0 Å². The van der Waals surface area contributed by atoms with Gasteiger partial charge in [-0.15, -0.1) is 0 Å². The summed E-state index contributed by atoms with van der Waals surface area (Å²) >= 11 is 2.18. The second-order valence-corrected chi connectivity index (χ2v) is 4.74. The molecule has 0 unspecified atom stereocenters. The molecule has 0 saturated heterocycles. The number of fused-ring (bicyclic) bond motifs is 3. The Balaban J connectivity index is 2.22. The highest BCUT2D eigenvalue weighted by Gasteiger charge is 2.24. The number of aromatic nitrogens is 2. The number of aromatic carboxylic acids is 1. The van der Waals surface area contributed by atoms with Crippen molar-refractivity contribution in [1.29, 1.82) is 0 Å². The lowest BCUT2D eigenvalue weighted by Gasteiger charge is -2.00. The van der Waals surface area contributed by atoms with Crippen molar-refractivity contribution >= 4 is 28.6 Å². The zero-order valence-electron chi connectivity index (χ0n) is 8.12. The van der Waals surface area contributed by atoms with Gasteiger partial charge in [-0.1, -0.05) is 6.07 Å². The summed E-state index contributed by atoms with van der Waals surface area (Å²) in [7, 11) is 0. The predicted octanol–water partition coefficient (Wildman–Crippen LogP) is 2.28. The van der Waals surface area contributed by atoms with Gasteiger partial charge in [0.1, 0.15) is 3.70 Å². The highest BCUT2D eigenvalue weighted by molar-refractivity contribution is 14.1. The van der Waals surface area contributed by atoms with Crippen molar-refractivity contribution in [2.45, 2.75) is 6.42 Å². The zero-order chi connectivity index (χ0) is 11.3. The van der Waals surface area contributed by atoms with E-state index in [-0.39, 0.29) is 0 Å². The SMILES string of the molecule is O=C(O)c1ccc2c(c1)-c1[nH]nc(I)c1C2. The molecule has 0 radical (unpaired) electrons. The maximum absolute atomic E-state index is 10.9. The van der Waals surface area contributed by atoms with Crippen LogP contribution in [-0.4, -0.2) is 21.3 Å². The summed E-state index contributed by atoms with van der Waals surface area (Å²) in [6, 6.07) is 5.23. The Labute approximate surface area is 105 Å². The molecule has 1 aliphatic carbocycles. The van der Waals surface area contributed by atoms with Gasteiger partial charge < -0.3 is 5.11 Å². The Morgan fingerprint density at radius 1 is 1.50 bits per heavy atom. The Morgan fingerprint density at radius 2 is 2.31 bits per heavy atom. The van der Waals surface area contributed by atoms with Crippen LogP contribution in [0.15, 0.2) is 18.2 Å². The minimum Gasteiger partial charge on any atom is -0.478 e. The average Bonchev–Trinajstić information content (AvgIpc) is 2.78. The molecular formula is C11H7IN2O2. The first-order valence-electron chi connectivity index (χ1n) is 4.76. The van der Waals surface area contributed by atoms with Crippen LogP contribution in [0.25, 0.3) is 11.3 Å². The Morgan fingerprint density at radius 3 is 3.06 bits per heavy atom. The van der Waals surface area contributed by atoms with Crippen molar-refractivity contribution in [3.63, 3.8) is 0 Å². The number of carboxylic acid groups (broad SMARTS) is 1. The van der Waals surface area contributed by atoms with Gasteiger partial charge in [0, 0.05) is 17.5 Å². The Bertz CT molecular complexity index is 604. The fraction of sp³-hybridized carbons (Fsp3) is 0.0909. The first kappa shape index (κ1) is 9.83. The number of nitrogens with zero attached hydrogens (tertiary/aromatic N) is 1. The molecule has 0 spiro atoms. The first-order chi connectivity index (χ1) is 7.66. The fourth-order valence-corrected chi connectivity index (χ4v) is 2.60. The summed E-state index contributed by atoms with van der Waals surface area (Å²) in [5.41, 5.74) is 4.56. The van der Waals surface area contributed by atoms with Crippen LogP contribution in [0, 0.1) is 3.70 Å². The summed E-state index contributed by atoms with van der Waals surface area (Å²) in [6.07, 6.45) is 0.833. The van der Waals surface area contributed by atoms with Gasteiger partial charge in [0.2, 0.25) is 0 Å². The summed E-state index contributed by atoms with van der Waals surface area (Å²) in [4.78, 5) is 10.9. The molecule has 1 aromatic heterocycles. The van der Waals surface area contributed by atoms with Crippen molar-refractivity contribution < 1.29 is 9.90 Å². The van der Waals surface area contributed by atoms with Gasteiger partial charge in [0.15, 0.2) is 0 Å². The number of hydrogen-bond donors (Lipinski definition) is 2. The molecule has 0 amide bonds. The van der Waals surface area contributed by atoms with Gasteiger partial charge in [-0.05, 0) is 40.3 Å². The molecule has 1 aromatic carbocycles. The predicted molar refractivity (Wildman–Crippen MR) is 66.5 cm³/mol. The van der Waals surface area contributed by atoms with E-state index in [1.54, 1.807) is 12.1 Å². The Hall–Kier alpha value is -1.37. The largest absolute Gasteiger partial charge is 0.478 e. The molecule has 80 valence electrons. The minimum atomic E-state index is -0.898. The smallest absolute Gasteiger partial charge is 0.335 e. The Kier molecular flexibility index (Phi) is 2.03. The quantitative estimate of drug-likeness (QED) is 0.674. The molecule has 2 N–H and O–H groups in total. The van der Waals surface area contributed by atoms with E-state index >= 15 is 0 Å². The van der Waals surface area contributed by atoms with E-state index in [0.717, 1.165) is 32.5 Å². The summed E-state index contributed by atoms with van der Waals surface area (Å²) < 4.78 is 0.959. The van der Waals surface area contributed by atoms with Gasteiger partial charge in [0.05, 0.1) is 11.3 Å². The van der Waals surface area contributed by atoms with Crippen molar-refractivity contribution in [3.8, 4) is 11.3 Å². The lowest BCUT2D eigenvalue weighted by Crippen LogP contribution is -1.96. The fourth-order valence-electron chi connectivity index (χ4n) is 2.01. The number of aromatic amines is 1. The summed E-state index contributed by atoms with van der Waals surface area (Å²) in [5.74, 6) is -0.898. The molecule has 16 heavy (non-hydrogen) atoms. The molecular weight excluding hydrogens is 319 g/mol. The third-order valence-electron chi connectivity index (χ3n) is 2.81. The van der Waals surface area contributed by atoms with Crippen LogP contribution < -0.4 is 0 Å². The molecule has 0 saturated carbocycles. The third-order valence-corrected chi connectivity index (χ3v) is 3.70. The molecule has 2 aromatic rings. The van der Waals surface area contributed by atoms with E-state index in [2.05, 4.69) is 32.8 Å². The third kappa shape index (κ3) is 1.27. The van der Waals surface area contributed by atoms with E-state index < -0.39 is 5.97 Å². The van der Waals surface area contributed by atoms with Crippen LogP contribution in [-0.2, 0) is 6.42 Å². The van der Waals surface area contributed by atoms with E-state index in [9.17, 15) is 4.79 Å². The molecule has 3 rings (SSSR count). The van der Waals surface area contributed by atoms with Crippen LogP contribution in [0.4, 0.5) is 0 Å². The van der Waals surface area contributed by atoms with Crippen LogP contribution in [0.2, 0.25) is 0 Å². The van der Waals surface area contributed by atoms with E-state index in [1.165, 1.54) is 0 Å². The number of halogens is 1.